The normalized spacial score (nSPS) is 24.8. The molecule has 4 aromatic carbocycles. The van der Waals surface area contributed by atoms with Gasteiger partial charge in [0.1, 0.15) is 5.75 Å². The van der Waals surface area contributed by atoms with Crippen molar-refractivity contribution in [1.82, 2.24) is 0 Å². The van der Waals surface area contributed by atoms with Crippen molar-refractivity contribution in [3.05, 3.63) is 124 Å². The number of aryl methyl sites for hydroxylation is 2. The second kappa shape index (κ2) is 9.74. The standard InChI is InChI=1S/C37H30N2O5/c1-20-14-15-23(16-21(20)2)38-19-22(17-30(38)40)37(43)44-25-9-7-8-24(18-25)39-35(41)33-31-26-10-3-4-11-27(26)32(34(33)36(39)42)29-13-6-5-12-28(29)31/h3-16,18,22,31-34H,17,19H2,1-2H3/t22-,31?,32?,33-,34+/m0/s1. The summed E-state index contributed by atoms with van der Waals surface area (Å²) in [6.45, 7) is 4.24. The summed E-state index contributed by atoms with van der Waals surface area (Å²) in [5, 5.41) is 0. The number of nitrogens with zero attached hydrogens (tertiary/aromatic N) is 2. The number of carbonyl (C=O) groups excluding carboxylic acids is 4. The summed E-state index contributed by atoms with van der Waals surface area (Å²) >= 11 is 0. The first-order valence-corrected chi connectivity index (χ1v) is 15.1. The highest BCUT2D eigenvalue weighted by Crippen LogP contribution is 2.61. The molecule has 218 valence electrons. The molecule has 0 aromatic heterocycles. The molecule has 0 unspecified atom stereocenters. The number of hydrogen-bond acceptors (Lipinski definition) is 5. The van der Waals surface area contributed by atoms with Crippen LogP contribution in [0.2, 0.25) is 0 Å². The molecular weight excluding hydrogens is 552 g/mol. The lowest BCUT2D eigenvalue weighted by molar-refractivity contribution is -0.139. The maximum atomic E-state index is 14.1. The molecule has 2 aliphatic heterocycles. The molecule has 2 heterocycles. The van der Waals surface area contributed by atoms with Crippen LogP contribution in [-0.2, 0) is 19.2 Å². The van der Waals surface area contributed by atoms with Gasteiger partial charge in [-0.1, -0.05) is 60.7 Å². The van der Waals surface area contributed by atoms with Gasteiger partial charge in [0.05, 0.1) is 23.4 Å². The quantitative estimate of drug-likeness (QED) is 0.176. The minimum absolute atomic E-state index is 0.0573. The third-order valence-corrected chi connectivity index (χ3v) is 10.0. The molecule has 3 amide bonds. The van der Waals surface area contributed by atoms with Crippen molar-refractivity contribution in [3.8, 4) is 5.75 Å². The second-order valence-electron chi connectivity index (χ2n) is 12.4. The average Bonchev–Trinajstić information content (AvgIpc) is 3.55. The monoisotopic (exact) mass is 582 g/mol. The number of esters is 1. The van der Waals surface area contributed by atoms with Gasteiger partial charge in [0.15, 0.2) is 0 Å². The molecule has 3 aliphatic carbocycles. The fraction of sp³-hybridized carbons (Fsp3) is 0.243. The maximum absolute atomic E-state index is 14.1. The Morgan fingerprint density at radius 3 is 1.84 bits per heavy atom. The van der Waals surface area contributed by atoms with Crippen LogP contribution in [0.15, 0.2) is 91.0 Å². The molecule has 3 atom stereocenters. The largest absolute Gasteiger partial charge is 0.426 e. The number of anilines is 2. The molecule has 2 bridgehead atoms. The van der Waals surface area contributed by atoms with Crippen LogP contribution in [0.5, 0.6) is 5.75 Å². The summed E-state index contributed by atoms with van der Waals surface area (Å²) in [5.41, 5.74) is 7.81. The molecule has 2 saturated heterocycles. The summed E-state index contributed by atoms with van der Waals surface area (Å²) in [6, 6.07) is 28.7. The molecule has 0 N–H and O–H groups in total. The predicted molar refractivity (Wildman–Crippen MR) is 164 cm³/mol. The number of carbonyl (C=O) groups is 4. The van der Waals surface area contributed by atoms with E-state index in [0.29, 0.717) is 5.69 Å². The molecule has 7 nitrogen and oxygen atoms in total. The van der Waals surface area contributed by atoms with Gasteiger partial charge in [0.2, 0.25) is 17.7 Å². The van der Waals surface area contributed by atoms with Crippen LogP contribution in [-0.4, -0.2) is 30.2 Å². The van der Waals surface area contributed by atoms with E-state index in [1.54, 1.807) is 29.2 Å². The predicted octanol–water partition coefficient (Wildman–Crippen LogP) is 5.66. The lowest BCUT2D eigenvalue weighted by Gasteiger charge is -2.45. The van der Waals surface area contributed by atoms with Gasteiger partial charge in [-0.15, -0.1) is 0 Å². The van der Waals surface area contributed by atoms with E-state index in [1.165, 1.54) is 4.90 Å². The highest BCUT2D eigenvalue weighted by Gasteiger charge is 2.61. The van der Waals surface area contributed by atoms with E-state index in [-0.39, 0.29) is 48.3 Å². The van der Waals surface area contributed by atoms with Crippen molar-refractivity contribution in [1.29, 1.82) is 0 Å². The Labute approximate surface area is 255 Å². The average molecular weight is 583 g/mol. The fourth-order valence-corrected chi connectivity index (χ4v) is 7.83. The van der Waals surface area contributed by atoms with Crippen molar-refractivity contribution < 1.29 is 23.9 Å². The number of imide groups is 1. The van der Waals surface area contributed by atoms with Crippen molar-refractivity contribution in [2.45, 2.75) is 32.1 Å². The van der Waals surface area contributed by atoms with Gasteiger partial charge >= 0.3 is 5.97 Å². The van der Waals surface area contributed by atoms with Crippen LogP contribution in [0.25, 0.3) is 0 Å². The molecule has 2 fully saturated rings. The zero-order chi connectivity index (χ0) is 30.3. The molecule has 0 saturated carbocycles. The minimum atomic E-state index is -0.627. The van der Waals surface area contributed by atoms with Crippen LogP contribution >= 0.6 is 0 Å². The molecule has 5 aliphatic rings. The zero-order valence-corrected chi connectivity index (χ0v) is 24.4. The number of benzene rings is 4. The molecule has 4 aromatic rings. The van der Waals surface area contributed by atoms with Gasteiger partial charge in [-0.2, -0.15) is 0 Å². The Bertz CT molecular complexity index is 1800. The molecule has 0 radical (unpaired) electrons. The fourth-order valence-electron chi connectivity index (χ4n) is 7.83. The second-order valence-corrected chi connectivity index (χ2v) is 12.4. The number of hydrogen-bond donors (Lipinski definition) is 0. The number of amides is 3. The Balaban J connectivity index is 1.05. The van der Waals surface area contributed by atoms with Crippen LogP contribution in [0.3, 0.4) is 0 Å². The Kier molecular flexibility index (Phi) is 5.88. The van der Waals surface area contributed by atoms with Crippen molar-refractivity contribution in [2.75, 3.05) is 16.3 Å². The van der Waals surface area contributed by atoms with Crippen LogP contribution < -0.4 is 14.5 Å². The molecule has 0 spiro atoms. The van der Waals surface area contributed by atoms with Gasteiger partial charge in [0, 0.05) is 36.6 Å². The van der Waals surface area contributed by atoms with Crippen LogP contribution in [0.1, 0.15) is 51.6 Å². The summed E-state index contributed by atoms with van der Waals surface area (Å²) in [7, 11) is 0. The summed E-state index contributed by atoms with van der Waals surface area (Å²) in [4.78, 5) is 57.2. The van der Waals surface area contributed by atoms with E-state index < -0.39 is 23.7 Å². The molecule has 7 heteroatoms. The summed E-state index contributed by atoms with van der Waals surface area (Å²) in [6.07, 6.45) is 0.0573. The Hall–Kier alpha value is -5.04. The Morgan fingerprint density at radius 1 is 0.682 bits per heavy atom. The summed E-state index contributed by atoms with van der Waals surface area (Å²) in [5.74, 6) is -2.88. The minimum Gasteiger partial charge on any atom is -0.426 e. The lowest BCUT2D eigenvalue weighted by Crippen LogP contribution is -2.41. The smallest absolute Gasteiger partial charge is 0.316 e. The van der Waals surface area contributed by atoms with E-state index >= 15 is 0 Å². The van der Waals surface area contributed by atoms with Gasteiger partial charge in [-0.25, -0.2) is 4.90 Å². The third-order valence-electron chi connectivity index (χ3n) is 10.0. The molecular formula is C37H30N2O5. The number of rotatable bonds is 4. The maximum Gasteiger partial charge on any atom is 0.316 e. The van der Waals surface area contributed by atoms with Crippen molar-refractivity contribution in [2.24, 2.45) is 17.8 Å². The summed E-state index contributed by atoms with van der Waals surface area (Å²) < 4.78 is 5.75. The topological polar surface area (TPSA) is 84.0 Å². The van der Waals surface area contributed by atoms with Crippen LogP contribution in [0, 0.1) is 31.6 Å². The van der Waals surface area contributed by atoms with E-state index in [0.717, 1.165) is 39.1 Å². The van der Waals surface area contributed by atoms with E-state index in [2.05, 4.69) is 24.3 Å². The first-order valence-electron chi connectivity index (χ1n) is 15.1. The molecule has 9 rings (SSSR count). The van der Waals surface area contributed by atoms with E-state index in [1.807, 2.05) is 56.3 Å². The third kappa shape index (κ3) is 3.81. The zero-order valence-electron chi connectivity index (χ0n) is 24.4. The van der Waals surface area contributed by atoms with E-state index in [4.69, 9.17) is 4.74 Å². The number of ether oxygens (including phenoxy) is 1. The van der Waals surface area contributed by atoms with Gasteiger partial charge in [-0.05, 0) is 71.5 Å². The van der Waals surface area contributed by atoms with Crippen molar-refractivity contribution >= 4 is 35.1 Å². The van der Waals surface area contributed by atoms with Crippen molar-refractivity contribution in [3.63, 3.8) is 0 Å². The van der Waals surface area contributed by atoms with Gasteiger partial charge in [-0.3, -0.25) is 19.2 Å². The first kappa shape index (κ1) is 26.6. The molecule has 44 heavy (non-hydrogen) atoms. The first-order chi connectivity index (χ1) is 21.3. The Morgan fingerprint density at radius 2 is 1.27 bits per heavy atom. The van der Waals surface area contributed by atoms with Gasteiger partial charge in [0.25, 0.3) is 0 Å². The SMILES string of the molecule is Cc1ccc(N2C[C@@H](C(=O)Oc3cccc(N4C(=O)[C@@H]5C6c7ccccc7C(c7ccccc76)[C@@H]5C4=O)c3)CC2=O)cc1C. The highest BCUT2D eigenvalue weighted by atomic mass is 16.5. The van der Waals surface area contributed by atoms with Crippen LogP contribution in [0.4, 0.5) is 11.4 Å². The van der Waals surface area contributed by atoms with Gasteiger partial charge < -0.3 is 9.64 Å². The lowest BCUT2D eigenvalue weighted by atomic mass is 9.55. The highest BCUT2D eigenvalue weighted by molar-refractivity contribution is 6.23. The van der Waals surface area contributed by atoms with E-state index in [9.17, 15) is 19.2 Å².